The van der Waals surface area contributed by atoms with Crippen molar-refractivity contribution in [3.05, 3.63) is 12.3 Å². The minimum absolute atomic E-state index is 0.634. The van der Waals surface area contributed by atoms with E-state index in [-0.39, 0.29) is 0 Å². The van der Waals surface area contributed by atoms with Crippen LogP contribution in [0.3, 0.4) is 0 Å². The van der Waals surface area contributed by atoms with Crippen LogP contribution in [0.1, 0.15) is 13.8 Å². The third-order valence-electron chi connectivity index (χ3n) is 1.98. The molecule has 1 fully saturated rings. The molecule has 1 aliphatic heterocycles. The second-order valence-corrected chi connectivity index (χ2v) is 3.36. The topological polar surface area (TPSA) is 12.5 Å². The van der Waals surface area contributed by atoms with Gasteiger partial charge in [0.2, 0.25) is 0 Å². The fourth-order valence-corrected chi connectivity index (χ4v) is 1.33. The molecular weight excluding hydrogens is 138 g/mol. The SMILES string of the molecule is C=C(C)N1CCOC[C@H](C)C1. The van der Waals surface area contributed by atoms with Crippen molar-refractivity contribution in [3.8, 4) is 0 Å². The Hall–Kier alpha value is -0.500. The zero-order valence-electron chi connectivity index (χ0n) is 7.47. The molecule has 1 heterocycles. The van der Waals surface area contributed by atoms with Gasteiger partial charge in [-0.05, 0) is 12.8 Å². The molecule has 11 heavy (non-hydrogen) atoms. The van der Waals surface area contributed by atoms with Crippen molar-refractivity contribution in [2.24, 2.45) is 5.92 Å². The van der Waals surface area contributed by atoms with E-state index in [1.807, 2.05) is 0 Å². The first kappa shape index (κ1) is 8.60. The van der Waals surface area contributed by atoms with Gasteiger partial charge < -0.3 is 9.64 Å². The number of allylic oxidation sites excluding steroid dienone is 1. The lowest BCUT2D eigenvalue weighted by molar-refractivity contribution is 0.127. The van der Waals surface area contributed by atoms with Gasteiger partial charge in [-0.1, -0.05) is 13.5 Å². The van der Waals surface area contributed by atoms with E-state index in [0.717, 1.165) is 32.0 Å². The minimum atomic E-state index is 0.634. The Kier molecular flexibility index (Phi) is 2.94. The van der Waals surface area contributed by atoms with Crippen LogP contribution >= 0.6 is 0 Å². The van der Waals surface area contributed by atoms with Crippen LogP contribution < -0.4 is 0 Å². The molecule has 2 heteroatoms. The van der Waals surface area contributed by atoms with Gasteiger partial charge in [0.15, 0.2) is 0 Å². The second kappa shape index (κ2) is 3.77. The molecule has 64 valence electrons. The molecule has 0 aromatic heterocycles. The molecule has 0 aliphatic carbocycles. The van der Waals surface area contributed by atoms with Gasteiger partial charge in [-0.2, -0.15) is 0 Å². The average molecular weight is 155 g/mol. The molecule has 2 nitrogen and oxygen atoms in total. The summed E-state index contributed by atoms with van der Waals surface area (Å²) in [4.78, 5) is 2.29. The largest absolute Gasteiger partial charge is 0.379 e. The summed E-state index contributed by atoms with van der Waals surface area (Å²) in [5, 5.41) is 0. The molecule has 1 aliphatic rings. The summed E-state index contributed by atoms with van der Waals surface area (Å²) in [6.45, 7) is 12.0. The Morgan fingerprint density at radius 2 is 2.36 bits per heavy atom. The van der Waals surface area contributed by atoms with Crippen LogP contribution in [0.15, 0.2) is 12.3 Å². The number of hydrogen-bond acceptors (Lipinski definition) is 2. The van der Waals surface area contributed by atoms with Crippen molar-refractivity contribution in [1.29, 1.82) is 0 Å². The Morgan fingerprint density at radius 3 is 3.00 bits per heavy atom. The molecular formula is C9H17NO. The molecule has 1 rings (SSSR count). The molecule has 1 atom stereocenters. The Bertz CT molecular complexity index is 144. The second-order valence-electron chi connectivity index (χ2n) is 3.36. The van der Waals surface area contributed by atoms with Crippen molar-refractivity contribution in [1.82, 2.24) is 4.90 Å². The molecule has 0 unspecified atom stereocenters. The Balaban J connectivity index is 2.45. The summed E-state index contributed by atoms with van der Waals surface area (Å²) in [5.74, 6) is 0.634. The molecule has 0 aromatic carbocycles. The van der Waals surface area contributed by atoms with Crippen LogP contribution in [0.25, 0.3) is 0 Å². The number of nitrogens with zero attached hydrogens (tertiary/aromatic N) is 1. The van der Waals surface area contributed by atoms with Gasteiger partial charge in [0.25, 0.3) is 0 Å². The van der Waals surface area contributed by atoms with Gasteiger partial charge in [0, 0.05) is 18.8 Å². The highest BCUT2D eigenvalue weighted by Crippen LogP contribution is 2.09. The van der Waals surface area contributed by atoms with E-state index in [4.69, 9.17) is 4.74 Å². The van der Waals surface area contributed by atoms with E-state index in [0.29, 0.717) is 5.92 Å². The number of hydrogen-bond donors (Lipinski definition) is 0. The molecule has 0 bridgehead atoms. The maximum absolute atomic E-state index is 5.40. The predicted molar refractivity (Wildman–Crippen MR) is 46.4 cm³/mol. The van der Waals surface area contributed by atoms with Crippen LogP contribution in [0.4, 0.5) is 0 Å². The lowest BCUT2D eigenvalue weighted by atomic mass is 10.2. The Morgan fingerprint density at radius 1 is 1.64 bits per heavy atom. The summed E-state index contributed by atoms with van der Waals surface area (Å²) in [6.07, 6.45) is 0. The van der Waals surface area contributed by atoms with Gasteiger partial charge in [-0.15, -0.1) is 0 Å². The van der Waals surface area contributed by atoms with Gasteiger partial charge >= 0.3 is 0 Å². The highest BCUT2D eigenvalue weighted by Gasteiger charge is 2.13. The molecule has 1 saturated heterocycles. The molecule has 0 saturated carbocycles. The zero-order valence-corrected chi connectivity index (χ0v) is 7.47. The summed E-state index contributed by atoms with van der Waals surface area (Å²) < 4.78 is 5.40. The van der Waals surface area contributed by atoms with E-state index in [2.05, 4.69) is 25.3 Å². The number of rotatable bonds is 1. The fraction of sp³-hybridized carbons (Fsp3) is 0.778. The third kappa shape index (κ3) is 2.54. The highest BCUT2D eigenvalue weighted by atomic mass is 16.5. The molecule has 0 aromatic rings. The Labute approximate surface area is 68.8 Å². The first-order valence-corrected chi connectivity index (χ1v) is 4.18. The van der Waals surface area contributed by atoms with Crippen LogP contribution in [-0.2, 0) is 4.74 Å². The fourth-order valence-electron chi connectivity index (χ4n) is 1.33. The van der Waals surface area contributed by atoms with Crippen molar-refractivity contribution in [2.45, 2.75) is 13.8 Å². The van der Waals surface area contributed by atoms with Gasteiger partial charge in [0.1, 0.15) is 0 Å². The maximum Gasteiger partial charge on any atom is 0.0641 e. The van der Waals surface area contributed by atoms with Crippen molar-refractivity contribution < 1.29 is 4.74 Å². The molecule has 0 radical (unpaired) electrons. The summed E-state index contributed by atoms with van der Waals surface area (Å²) in [7, 11) is 0. The number of ether oxygens (including phenoxy) is 1. The van der Waals surface area contributed by atoms with E-state index >= 15 is 0 Å². The quantitative estimate of drug-likeness (QED) is 0.569. The first-order valence-electron chi connectivity index (χ1n) is 4.18. The van der Waals surface area contributed by atoms with Crippen LogP contribution in [-0.4, -0.2) is 31.2 Å². The lowest BCUT2D eigenvalue weighted by Gasteiger charge is -2.23. The standard InChI is InChI=1S/C9H17NO/c1-8(2)10-4-5-11-7-9(3)6-10/h9H,1,4-7H2,2-3H3/t9-/m1/s1. The van der Waals surface area contributed by atoms with Gasteiger partial charge in [-0.3, -0.25) is 0 Å². The summed E-state index contributed by atoms with van der Waals surface area (Å²) in [6, 6.07) is 0. The van der Waals surface area contributed by atoms with Crippen LogP contribution in [0.5, 0.6) is 0 Å². The van der Waals surface area contributed by atoms with Crippen molar-refractivity contribution >= 4 is 0 Å². The normalized spacial score (nSPS) is 26.4. The van der Waals surface area contributed by atoms with Crippen LogP contribution in [0.2, 0.25) is 0 Å². The minimum Gasteiger partial charge on any atom is -0.379 e. The maximum atomic E-state index is 5.40. The average Bonchev–Trinajstić information content (AvgIpc) is 2.13. The van der Waals surface area contributed by atoms with E-state index < -0.39 is 0 Å². The molecule has 0 N–H and O–H groups in total. The summed E-state index contributed by atoms with van der Waals surface area (Å²) >= 11 is 0. The third-order valence-corrected chi connectivity index (χ3v) is 1.98. The molecule has 0 spiro atoms. The monoisotopic (exact) mass is 155 g/mol. The molecule has 0 amide bonds. The zero-order chi connectivity index (χ0) is 8.27. The van der Waals surface area contributed by atoms with Crippen molar-refractivity contribution in [2.75, 3.05) is 26.3 Å². The smallest absolute Gasteiger partial charge is 0.0641 e. The van der Waals surface area contributed by atoms with E-state index in [1.165, 1.54) is 0 Å². The van der Waals surface area contributed by atoms with Crippen molar-refractivity contribution in [3.63, 3.8) is 0 Å². The highest BCUT2D eigenvalue weighted by molar-refractivity contribution is 4.89. The first-order chi connectivity index (χ1) is 5.20. The van der Waals surface area contributed by atoms with Crippen LogP contribution in [0, 0.1) is 5.92 Å². The van der Waals surface area contributed by atoms with E-state index in [1.54, 1.807) is 0 Å². The van der Waals surface area contributed by atoms with Gasteiger partial charge in [0.05, 0.1) is 13.2 Å². The van der Waals surface area contributed by atoms with E-state index in [9.17, 15) is 0 Å². The van der Waals surface area contributed by atoms with Gasteiger partial charge in [-0.25, -0.2) is 0 Å². The summed E-state index contributed by atoms with van der Waals surface area (Å²) in [5.41, 5.74) is 1.15. The predicted octanol–water partition coefficient (Wildman–Crippen LogP) is 1.49. The lowest BCUT2D eigenvalue weighted by Crippen LogP contribution is -2.26.